The molecule has 0 spiro atoms. The topological polar surface area (TPSA) is 55.1 Å². The fourth-order valence-electron chi connectivity index (χ4n) is 2.22. The average Bonchev–Trinajstić information content (AvgIpc) is 2.34. The minimum Gasteiger partial charge on any atom is -0.349 e. The first kappa shape index (κ1) is 12.7. The summed E-state index contributed by atoms with van der Waals surface area (Å²) < 4.78 is 0. The lowest BCUT2D eigenvalue weighted by molar-refractivity contribution is 0.0896. The van der Waals surface area contributed by atoms with E-state index in [9.17, 15) is 4.79 Å². The second-order valence-corrected chi connectivity index (χ2v) is 4.80. The predicted molar refractivity (Wildman–Crippen MR) is 72.0 cm³/mol. The van der Waals surface area contributed by atoms with Crippen LogP contribution in [0.25, 0.3) is 0 Å². The second-order valence-electron chi connectivity index (χ2n) is 4.80. The van der Waals surface area contributed by atoms with Crippen LogP contribution >= 0.6 is 0 Å². The fourth-order valence-corrected chi connectivity index (χ4v) is 2.22. The summed E-state index contributed by atoms with van der Waals surface area (Å²) in [6, 6.07) is 7.70. The summed E-state index contributed by atoms with van der Waals surface area (Å²) in [5.41, 5.74) is 6.74. The highest BCUT2D eigenvalue weighted by Crippen LogP contribution is 2.26. The van der Waals surface area contributed by atoms with Crippen molar-refractivity contribution in [2.24, 2.45) is 11.7 Å². The molecule has 1 aromatic rings. The van der Waals surface area contributed by atoms with E-state index in [1.165, 1.54) is 0 Å². The Hall–Kier alpha value is -1.79. The van der Waals surface area contributed by atoms with Gasteiger partial charge < -0.3 is 11.1 Å². The normalized spacial score (nSPS) is 21.4. The maximum Gasteiger partial charge on any atom is 0.252 e. The summed E-state index contributed by atoms with van der Waals surface area (Å²) in [5.74, 6) is 6.41. The van der Waals surface area contributed by atoms with Crippen LogP contribution < -0.4 is 11.1 Å². The van der Waals surface area contributed by atoms with Gasteiger partial charge in [-0.15, -0.1) is 0 Å². The lowest BCUT2D eigenvalue weighted by Crippen LogP contribution is -2.43. The number of carbonyl (C=O) groups excluding carboxylic acids is 1. The van der Waals surface area contributed by atoms with Crippen molar-refractivity contribution in [1.82, 2.24) is 5.32 Å². The standard InChI is InChI=1S/C15H18N2O/c1-11-9-13(10-11)17-15(18)14-7-3-2-5-12(14)6-4-8-16/h2-3,5,7,11,13H,8-10,16H2,1H3,(H,17,18). The minimum atomic E-state index is -0.0335. The van der Waals surface area contributed by atoms with Crippen molar-refractivity contribution in [3.05, 3.63) is 35.4 Å². The predicted octanol–water partition coefficient (Wildman–Crippen LogP) is 1.53. The van der Waals surface area contributed by atoms with E-state index in [2.05, 4.69) is 24.1 Å². The van der Waals surface area contributed by atoms with E-state index in [-0.39, 0.29) is 5.91 Å². The van der Waals surface area contributed by atoms with Crippen LogP contribution in [0.1, 0.15) is 35.7 Å². The summed E-state index contributed by atoms with van der Waals surface area (Å²) in [6.45, 7) is 2.50. The number of amides is 1. The van der Waals surface area contributed by atoms with Crippen LogP contribution in [0.3, 0.4) is 0 Å². The van der Waals surface area contributed by atoms with Crippen molar-refractivity contribution >= 4 is 5.91 Å². The Kier molecular flexibility index (Phi) is 4.01. The molecule has 0 bridgehead atoms. The van der Waals surface area contributed by atoms with Gasteiger partial charge in [0.2, 0.25) is 0 Å². The lowest BCUT2D eigenvalue weighted by atomic mass is 9.82. The molecule has 0 atom stereocenters. The fraction of sp³-hybridized carbons (Fsp3) is 0.400. The van der Waals surface area contributed by atoms with Crippen LogP contribution in [0.2, 0.25) is 0 Å². The zero-order valence-corrected chi connectivity index (χ0v) is 10.6. The third-order valence-electron chi connectivity index (χ3n) is 3.21. The van der Waals surface area contributed by atoms with Gasteiger partial charge in [-0.25, -0.2) is 0 Å². The van der Waals surface area contributed by atoms with Crippen molar-refractivity contribution in [2.75, 3.05) is 6.54 Å². The number of benzene rings is 1. The van der Waals surface area contributed by atoms with E-state index in [0.29, 0.717) is 18.2 Å². The molecule has 1 aromatic carbocycles. The van der Waals surface area contributed by atoms with Gasteiger partial charge in [0.1, 0.15) is 0 Å². The molecule has 0 heterocycles. The molecule has 3 nitrogen and oxygen atoms in total. The quantitative estimate of drug-likeness (QED) is 0.773. The molecule has 0 unspecified atom stereocenters. The lowest BCUT2D eigenvalue weighted by Gasteiger charge is -2.33. The molecule has 0 radical (unpaired) electrons. The summed E-state index contributed by atoms with van der Waals surface area (Å²) >= 11 is 0. The summed E-state index contributed by atoms with van der Waals surface area (Å²) in [5, 5.41) is 3.04. The molecule has 18 heavy (non-hydrogen) atoms. The molecule has 1 aliphatic rings. The van der Waals surface area contributed by atoms with Crippen molar-refractivity contribution in [3.63, 3.8) is 0 Å². The first-order valence-electron chi connectivity index (χ1n) is 6.29. The van der Waals surface area contributed by atoms with E-state index >= 15 is 0 Å². The minimum absolute atomic E-state index is 0.0335. The van der Waals surface area contributed by atoms with Crippen LogP contribution in [0.4, 0.5) is 0 Å². The van der Waals surface area contributed by atoms with Crippen molar-refractivity contribution in [2.45, 2.75) is 25.8 Å². The van der Waals surface area contributed by atoms with Crippen LogP contribution in [0, 0.1) is 17.8 Å². The third kappa shape index (κ3) is 2.91. The molecule has 0 aliphatic heterocycles. The molecular formula is C15H18N2O. The van der Waals surface area contributed by atoms with Gasteiger partial charge in [0, 0.05) is 11.6 Å². The summed E-state index contributed by atoms with van der Waals surface area (Å²) in [4.78, 5) is 12.1. The molecule has 1 saturated carbocycles. The number of nitrogens with one attached hydrogen (secondary N) is 1. The smallest absolute Gasteiger partial charge is 0.252 e. The Morgan fingerprint density at radius 3 is 2.83 bits per heavy atom. The maximum atomic E-state index is 12.1. The van der Waals surface area contributed by atoms with E-state index in [0.717, 1.165) is 24.3 Å². The number of hydrogen-bond acceptors (Lipinski definition) is 2. The zero-order valence-electron chi connectivity index (χ0n) is 10.6. The van der Waals surface area contributed by atoms with E-state index in [1.54, 1.807) is 6.07 Å². The SMILES string of the molecule is CC1CC(NC(=O)c2ccccc2C#CCN)C1. The maximum absolute atomic E-state index is 12.1. The van der Waals surface area contributed by atoms with Crippen molar-refractivity contribution < 1.29 is 4.79 Å². The van der Waals surface area contributed by atoms with Crippen LogP contribution in [0.15, 0.2) is 24.3 Å². The number of nitrogens with two attached hydrogens (primary N) is 1. The van der Waals surface area contributed by atoms with Gasteiger partial charge in [-0.1, -0.05) is 30.9 Å². The molecule has 3 heteroatoms. The van der Waals surface area contributed by atoms with E-state index < -0.39 is 0 Å². The monoisotopic (exact) mass is 242 g/mol. The van der Waals surface area contributed by atoms with E-state index in [1.807, 2.05) is 18.2 Å². The summed E-state index contributed by atoms with van der Waals surface area (Å²) in [7, 11) is 0. The van der Waals surface area contributed by atoms with Crippen molar-refractivity contribution in [1.29, 1.82) is 0 Å². The summed E-state index contributed by atoms with van der Waals surface area (Å²) in [6.07, 6.45) is 2.14. The first-order chi connectivity index (χ1) is 8.70. The average molecular weight is 242 g/mol. The molecule has 2 rings (SSSR count). The Morgan fingerprint density at radius 1 is 1.44 bits per heavy atom. The molecule has 94 valence electrons. The van der Waals surface area contributed by atoms with Gasteiger partial charge in [-0.2, -0.15) is 0 Å². The van der Waals surface area contributed by atoms with Crippen LogP contribution in [-0.4, -0.2) is 18.5 Å². The second kappa shape index (κ2) is 5.70. The third-order valence-corrected chi connectivity index (χ3v) is 3.21. The molecular weight excluding hydrogens is 224 g/mol. The van der Waals surface area contributed by atoms with Gasteiger partial charge in [0.05, 0.1) is 12.1 Å². The van der Waals surface area contributed by atoms with Gasteiger partial charge in [-0.3, -0.25) is 4.79 Å². The Morgan fingerprint density at radius 2 is 2.17 bits per heavy atom. The highest BCUT2D eigenvalue weighted by molar-refractivity contribution is 5.96. The van der Waals surface area contributed by atoms with E-state index in [4.69, 9.17) is 5.73 Å². The van der Waals surface area contributed by atoms with Gasteiger partial charge in [0.25, 0.3) is 5.91 Å². The number of hydrogen-bond donors (Lipinski definition) is 2. The van der Waals surface area contributed by atoms with Crippen LogP contribution in [0.5, 0.6) is 0 Å². The first-order valence-corrected chi connectivity index (χ1v) is 6.29. The Bertz CT molecular complexity index is 493. The largest absolute Gasteiger partial charge is 0.349 e. The molecule has 1 amide bonds. The molecule has 0 saturated heterocycles. The van der Waals surface area contributed by atoms with Gasteiger partial charge in [0.15, 0.2) is 0 Å². The number of rotatable bonds is 2. The van der Waals surface area contributed by atoms with Gasteiger partial charge >= 0.3 is 0 Å². The molecule has 1 aliphatic carbocycles. The zero-order chi connectivity index (χ0) is 13.0. The Labute approximate surface area is 108 Å². The number of carbonyl (C=O) groups is 1. The highest BCUT2D eigenvalue weighted by Gasteiger charge is 2.27. The van der Waals surface area contributed by atoms with Crippen LogP contribution in [-0.2, 0) is 0 Å². The molecule has 1 fully saturated rings. The molecule has 3 N–H and O–H groups in total. The Balaban J connectivity index is 2.09. The van der Waals surface area contributed by atoms with Crippen molar-refractivity contribution in [3.8, 4) is 11.8 Å². The molecule has 0 aromatic heterocycles. The highest BCUT2D eigenvalue weighted by atomic mass is 16.1. The van der Waals surface area contributed by atoms with Gasteiger partial charge in [-0.05, 0) is 30.9 Å².